The zero-order chi connectivity index (χ0) is 14.4. The third-order valence-corrected chi connectivity index (χ3v) is 3.88. The highest BCUT2D eigenvalue weighted by Crippen LogP contribution is 2.32. The summed E-state index contributed by atoms with van der Waals surface area (Å²) in [5.41, 5.74) is 2.62. The van der Waals surface area contributed by atoms with Gasteiger partial charge in [0.05, 0.1) is 0 Å². The van der Waals surface area contributed by atoms with Gasteiger partial charge in [-0.05, 0) is 56.3 Å². The molecule has 0 aliphatic heterocycles. The van der Waals surface area contributed by atoms with E-state index < -0.39 is 0 Å². The molecule has 0 aromatic carbocycles. The third-order valence-electron chi connectivity index (χ3n) is 3.88. The van der Waals surface area contributed by atoms with Crippen molar-refractivity contribution in [3.63, 3.8) is 0 Å². The van der Waals surface area contributed by atoms with Crippen LogP contribution in [0, 0.1) is 6.92 Å². The van der Waals surface area contributed by atoms with Crippen LogP contribution in [0.3, 0.4) is 0 Å². The van der Waals surface area contributed by atoms with Gasteiger partial charge in [-0.1, -0.05) is 20.3 Å². The third kappa shape index (κ3) is 4.20. The van der Waals surface area contributed by atoms with Crippen LogP contribution in [-0.2, 0) is 6.54 Å². The summed E-state index contributed by atoms with van der Waals surface area (Å²) < 4.78 is 0. The number of hydrogen-bond donors (Lipinski definition) is 1. The smallest absolute Gasteiger partial charge is 0.131 e. The SMILES string of the molecule is CCCCN(c1ncc(CNCCC)cc1C)C1CC1. The Bertz CT molecular complexity index is 413. The molecule has 0 spiro atoms. The number of aryl methyl sites for hydroxylation is 1. The lowest BCUT2D eigenvalue weighted by atomic mass is 10.2. The Labute approximate surface area is 123 Å². The van der Waals surface area contributed by atoms with Crippen molar-refractivity contribution < 1.29 is 0 Å². The number of hydrogen-bond acceptors (Lipinski definition) is 3. The van der Waals surface area contributed by atoms with Crippen molar-refractivity contribution in [3.05, 3.63) is 23.4 Å². The van der Waals surface area contributed by atoms with Crippen molar-refractivity contribution in [1.82, 2.24) is 10.3 Å². The van der Waals surface area contributed by atoms with Gasteiger partial charge in [-0.25, -0.2) is 4.98 Å². The first-order valence-corrected chi connectivity index (χ1v) is 8.19. The molecule has 1 aromatic rings. The molecule has 1 N–H and O–H groups in total. The summed E-state index contributed by atoms with van der Waals surface area (Å²) in [7, 11) is 0. The summed E-state index contributed by atoms with van der Waals surface area (Å²) in [5.74, 6) is 1.21. The van der Waals surface area contributed by atoms with E-state index in [-0.39, 0.29) is 0 Å². The minimum atomic E-state index is 0.747. The summed E-state index contributed by atoms with van der Waals surface area (Å²) in [6, 6.07) is 3.04. The van der Waals surface area contributed by atoms with Crippen LogP contribution >= 0.6 is 0 Å². The zero-order valence-electron chi connectivity index (χ0n) is 13.3. The van der Waals surface area contributed by atoms with Crippen molar-refractivity contribution in [2.75, 3.05) is 18.0 Å². The lowest BCUT2D eigenvalue weighted by Gasteiger charge is -2.25. The van der Waals surface area contributed by atoms with E-state index in [1.807, 2.05) is 6.20 Å². The first kappa shape index (κ1) is 15.3. The minimum absolute atomic E-state index is 0.747. The maximum absolute atomic E-state index is 4.76. The van der Waals surface area contributed by atoms with E-state index in [0.717, 1.165) is 25.7 Å². The normalized spacial score (nSPS) is 14.6. The second kappa shape index (κ2) is 7.63. The van der Waals surface area contributed by atoms with E-state index in [4.69, 9.17) is 4.98 Å². The Hall–Kier alpha value is -1.09. The van der Waals surface area contributed by atoms with Crippen LogP contribution in [0.5, 0.6) is 0 Å². The Balaban J connectivity index is 2.02. The van der Waals surface area contributed by atoms with Gasteiger partial charge in [0.2, 0.25) is 0 Å². The van der Waals surface area contributed by atoms with E-state index in [0.29, 0.717) is 0 Å². The van der Waals surface area contributed by atoms with Crippen molar-refractivity contribution in [2.24, 2.45) is 0 Å². The molecule has 0 unspecified atom stereocenters. The lowest BCUT2D eigenvalue weighted by molar-refractivity contribution is 0.671. The molecule has 0 amide bonds. The molecule has 1 fully saturated rings. The van der Waals surface area contributed by atoms with Gasteiger partial charge in [-0.2, -0.15) is 0 Å². The number of unbranched alkanes of at least 4 members (excludes halogenated alkanes) is 1. The Morgan fingerprint density at radius 1 is 1.30 bits per heavy atom. The fourth-order valence-corrected chi connectivity index (χ4v) is 2.61. The maximum Gasteiger partial charge on any atom is 0.131 e. The van der Waals surface area contributed by atoms with Crippen LogP contribution in [0.2, 0.25) is 0 Å². The number of pyridine rings is 1. The Kier molecular flexibility index (Phi) is 5.84. The summed E-state index contributed by atoms with van der Waals surface area (Å²) in [4.78, 5) is 7.29. The second-order valence-corrected chi connectivity index (χ2v) is 5.94. The molecule has 1 saturated carbocycles. The van der Waals surface area contributed by atoms with Gasteiger partial charge in [0, 0.05) is 25.3 Å². The van der Waals surface area contributed by atoms with Crippen LogP contribution < -0.4 is 10.2 Å². The van der Waals surface area contributed by atoms with Crippen molar-refractivity contribution in [1.29, 1.82) is 0 Å². The largest absolute Gasteiger partial charge is 0.353 e. The van der Waals surface area contributed by atoms with Gasteiger partial charge in [-0.15, -0.1) is 0 Å². The molecular formula is C17H29N3. The molecule has 1 aliphatic rings. The van der Waals surface area contributed by atoms with E-state index >= 15 is 0 Å². The second-order valence-electron chi connectivity index (χ2n) is 5.94. The topological polar surface area (TPSA) is 28.2 Å². The molecule has 3 nitrogen and oxygen atoms in total. The summed E-state index contributed by atoms with van der Waals surface area (Å²) in [6.07, 6.45) is 8.41. The number of aromatic nitrogens is 1. The molecule has 2 rings (SSSR count). The summed E-state index contributed by atoms with van der Waals surface area (Å²) >= 11 is 0. The first-order valence-electron chi connectivity index (χ1n) is 8.19. The standard InChI is InChI=1S/C17H29N3/c1-4-6-10-20(16-7-8-16)17-14(3)11-15(13-19-17)12-18-9-5-2/h11,13,16,18H,4-10,12H2,1-3H3. The fourth-order valence-electron chi connectivity index (χ4n) is 2.61. The van der Waals surface area contributed by atoms with Crippen LogP contribution in [0.1, 0.15) is 57.1 Å². The highest BCUT2D eigenvalue weighted by Gasteiger charge is 2.30. The monoisotopic (exact) mass is 275 g/mol. The number of anilines is 1. The van der Waals surface area contributed by atoms with Crippen LogP contribution in [0.4, 0.5) is 5.82 Å². The lowest BCUT2D eigenvalue weighted by Crippen LogP contribution is -2.28. The maximum atomic E-state index is 4.76. The average molecular weight is 275 g/mol. The predicted molar refractivity (Wildman–Crippen MR) is 86.2 cm³/mol. The van der Waals surface area contributed by atoms with Crippen molar-refractivity contribution in [3.8, 4) is 0 Å². The van der Waals surface area contributed by atoms with Crippen LogP contribution in [0.15, 0.2) is 12.3 Å². The van der Waals surface area contributed by atoms with E-state index in [1.54, 1.807) is 0 Å². The van der Waals surface area contributed by atoms with E-state index in [9.17, 15) is 0 Å². The van der Waals surface area contributed by atoms with Gasteiger partial charge < -0.3 is 10.2 Å². The molecule has 3 heteroatoms. The van der Waals surface area contributed by atoms with Gasteiger partial charge in [0.25, 0.3) is 0 Å². The molecule has 0 bridgehead atoms. The number of nitrogens with one attached hydrogen (secondary N) is 1. The van der Waals surface area contributed by atoms with Crippen LogP contribution in [0.25, 0.3) is 0 Å². The highest BCUT2D eigenvalue weighted by atomic mass is 15.2. The van der Waals surface area contributed by atoms with Gasteiger partial charge >= 0.3 is 0 Å². The fraction of sp³-hybridized carbons (Fsp3) is 0.706. The molecule has 1 heterocycles. The molecule has 0 atom stereocenters. The summed E-state index contributed by atoms with van der Waals surface area (Å²) in [5, 5.41) is 3.44. The van der Waals surface area contributed by atoms with E-state index in [2.05, 4.69) is 37.1 Å². The molecule has 0 radical (unpaired) electrons. The van der Waals surface area contributed by atoms with Gasteiger partial charge in [0.15, 0.2) is 0 Å². The van der Waals surface area contributed by atoms with Gasteiger partial charge in [-0.3, -0.25) is 0 Å². The van der Waals surface area contributed by atoms with Crippen LogP contribution in [-0.4, -0.2) is 24.1 Å². The predicted octanol–water partition coefficient (Wildman–Crippen LogP) is 3.66. The van der Waals surface area contributed by atoms with Crippen molar-refractivity contribution >= 4 is 5.82 Å². The average Bonchev–Trinajstić information content (AvgIpc) is 3.26. The molecule has 20 heavy (non-hydrogen) atoms. The van der Waals surface area contributed by atoms with Gasteiger partial charge in [0.1, 0.15) is 5.82 Å². The minimum Gasteiger partial charge on any atom is -0.353 e. The quantitative estimate of drug-likeness (QED) is 0.697. The number of rotatable bonds is 9. The first-order chi connectivity index (χ1) is 9.76. The zero-order valence-corrected chi connectivity index (χ0v) is 13.3. The highest BCUT2D eigenvalue weighted by molar-refractivity contribution is 5.49. The summed E-state index contributed by atoms with van der Waals surface area (Å²) in [6.45, 7) is 9.82. The van der Waals surface area contributed by atoms with Crippen molar-refractivity contribution in [2.45, 2.75) is 65.5 Å². The molecular weight excluding hydrogens is 246 g/mol. The molecule has 112 valence electrons. The molecule has 0 saturated heterocycles. The number of nitrogens with zero attached hydrogens (tertiary/aromatic N) is 2. The Morgan fingerprint density at radius 2 is 2.10 bits per heavy atom. The van der Waals surface area contributed by atoms with E-state index in [1.165, 1.54) is 49.0 Å². The Morgan fingerprint density at radius 3 is 2.70 bits per heavy atom. The molecule has 1 aliphatic carbocycles. The molecule has 1 aromatic heterocycles.